The van der Waals surface area contributed by atoms with E-state index < -0.39 is 5.56 Å². The molecule has 3 aromatic rings. The zero-order chi connectivity index (χ0) is 18.5. The maximum absolute atomic E-state index is 13.4. The molecule has 0 bridgehead atoms. The molecule has 0 fully saturated rings. The van der Waals surface area contributed by atoms with Gasteiger partial charge in [-0.1, -0.05) is 30.3 Å². The molecule has 5 heteroatoms. The molecule has 0 aliphatic heterocycles. The fourth-order valence-electron chi connectivity index (χ4n) is 2.85. The van der Waals surface area contributed by atoms with E-state index in [2.05, 4.69) is 0 Å². The van der Waals surface area contributed by atoms with E-state index in [4.69, 9.17) is 0 Å². The number of pyridine rings is 1. The minimum Gasteiger partial charge on any atom is -0.310 e. The first-order valence-electron chi connectivity index (χ1n) is 8.41. The molecule has 4 nitrogen and oxygen atoms in total. The highest BCUT2D eigenvalue weighted by molar-refractivity contribution is 6.05. The van der Waals surface area contributed by atoms with Crippen molar-refractivity contribution in [1.29, 1.82) is 0 Å². The molecule has 1 heterocycles. The van der Waals surface area contributed by atoms with Crippen molar-refractivity contribution in [3.05, 3.63) is 100 Å². The summed E-state index contributed by atoms with van der Waals surface area (Å²) in [6.45, 7) is 2.51. The first-order chi connectivity index (χ1) is 12.6. The van der Waals surface area contributed by atoms with Crippen LogP contribution in [0.2, 0.25) is 0 Å². The van der Waals surface area contributed by atoms with E-state index in [1.165, 1.54) is 22.8 Å². The van der Waals surface area contributed by atoms with Crippen LogP contribution in [-0.4, -0.2) is 17.0 Å². The van der Waals surface area contributed by atoms with E-state index in [0.717, 1.165) is 5.69 Å². The second kappa shape index (κ2) is 7.78. The number of hydrogen-bond donors (Lipinski definition) is 0. The van der Waals surface area contributed by atoms with Crippen molar-refractivity contribution in [2.45, 2.75) is 13.5 Å². The number of para-hydroxylation sites is 1. The third-order valence-electron chi connectivity index (χ3n) is 4.12. The summed E-state index contributed by atoms with van der Waals surface area (Å²) in [5.74, 6) is -0.707. The second-order valence-corrected chi connectivity index (χ2v) is 5.87. The van der Waals surface area contributed by atoms with Gasteiger partial charge in [0.2, 0.25) is 0 Å². The van der Waals surface area contributed by atoms with E-state index in [-0.39, 0.29) is 23.8 Å². The number of carbonyl (C=O) groups excluding carboxylic acids is 1. The lowest BCUT2D eigenvalue weighted by Gasteiger charge is -2.21. The highest BCUT2D eigenvalue weighted by Crippen LogP contribution is 2.15. The monoisotopic (exact) mass is 350 g/mol. The maximum atomic E-state index is 13.4. The van der Waals surface area contributed by atoms with Crippen molar-refractivity contribution in [1.82, 2.24) is 4.57 Å². The average Bonchev–Trinajstić information content (AvgIpc) is 2.65. The Morgan fingerprint density at radius 3 is 2.50 bits per heavy atom. The van der Waals surface area contributed by atoms with Gasteiger partial charge in [-0.3, -0.25) is 9.59 Å². The van der Waals surface area contributed by atoms with Gasteiger partial charge in [-0.15, -0.1) is 0 Å². The first-order valence-corrected chi connectivity index (χ1v) is 8.41. The molecule has 0 saturated carbocycles. The third-order valence-corrected chi connectivity index (χ3v) is 4.12. The van der Waals surface area contributed by atoms with Gasteiger partial charge in [-0.25, -0.2) is 4.39 Å². The molecule has 132 valence electrons. The molecule has 0 N–H and O–H groups in total. The van der Waals surface area contributed by atoms with Gasteiger partial charge in [0, 0.05) is 18.4 Å². The smallest absolute Gasteiger partial charge is 0.263 e. The number of nitrogens with zero attached hydrogens (tertiary/aromatic N) is 2. The Morgan fingerprint density at radius 2 is 1.81 bits per heavy atom. The molecule has 0 unspecified atom stereocenters. The molecule has 0 aliphatic carbocycles. The Hall–Kier alpha value is -3.21. The van der Waals surface area contributed by atoms with Crippen LogP contribution >= 0.6 is 0 Å². The van der Waals surface area contributed by atoms with Crippen molar-refractivity contribution in [2.24, 2.45) is 0 Å². The SMILES string of the molecule is CCN(C(=O)c1cccn(Cc2cccc(F)c2)c1=O)c1ccccc1. The number of benzene rings is 2. The number of amides is 1. The van der Waals surface area contributed by atoms with Gasteiger partial charge in [-0.2, -0.15) is 0 Å². The van der Waals surface area contributed by atoms with Gasteiger partial charge in [-0.05, 0) is 48.9 Å². The Kier molecular flexibility index (Phi) is 5.27. The number of anilines is 1. The molecule has 26 heavy (non-hydrogen) atoms. The molecular weight excluding hydrogens is 331 g/mol. The summed E-state index contributed by atoms with van der Waals surface area (Å²) in [4.78, 5) is 27.2. The number of halogens is 1. The topological polar surface area (TPSA) is 42.3 Å². The Labute approximate surface area is 151 Å². The number of rotatable bonds is 5. The Bertz CT molecular complexity index is 967. The lowest BCUT2D eigenvalue weighted by molar-refractivity contribution is 0.0986. The van der Waals surface area contributed by atoms with Crippen LogP contribution in [0.5, 0.6) is 0 Å². The molecule has 0 saturated heterocycles. The number of carbonyl (C=O) groups is 1. The van der Waals surface area contributed by atoms with Crippen molar-refractivity contribution in [3.63, 3.8) is 0 Å². The maximum Gasteiger partial charge on any atom is 0.263 e. The standard InChI is InChI=1S/C21H19FN2O2/c1-2-24(18-10-4-3-5-11-18)21(26)19-12-7-13-23(20(19)25)15-16-8-6-9-17(22)14-16/h3-14H,2,15H2,1H3. The zero-order valence-corrected chi connectivity index (χ0v) is 14.4. The quantitative estimate of drug-likeness (QED) is 0.704. The third kappa shape index (κ3) is 3.72. The van der Waals surface area contributed by atoms with Gasteiger partial charge in [0.05, 0.1) is 6.54 Å². The summed E-state index contributed by atoms with van der Waals surface area (Å²) in [6.07, 6.45) is 1.60. The van der Waals surface area contributed by atoms with Crippen molar-refractivity contribution < 1.29 is 9.18 Å². The lowest BCUT2D eigenvalue weighted by atomic mass is 10.2. The molecule has 0 atom stereocenters. The fraction of sp³-hybridized carbons (Fsp3) is 0.143. The van der Waals surface area contributed by atoms with E-state index in [1.54, 1.807) is 29.3 Å². The van der Waals surface area contributed by atoms with Gasteiger partial charge in [0.15, 0.2) is 0 Å². The van der Waals surface area contributed by atoms with Gasteiger partial charge in [0.25, 0.3) is 11.5 Å². The van der Waals surface area contributed by atoms with Crippen molar-refractivity contribution >= 4 is 11.6 Å². The molecule has 1 amide bonds. The van der Waals surface area contributed by atoms with Crippen LogP contribution in [0.4, 0.5) is 10.1 Å². The molecule has 2 aromatic carbocycles. The summed E-state index contributed by atoms with van der Waals surface area (Å²) in [6, 6.07) is 18.5. The van der Waals surface area contributed by atoms with Crippen LogP contribution in [0.3, 0.4) is 0 Å². The average molecular weight is 350 g/mol. The van der Waals surface area contributed by atoms with Crippen LogP contribution < -0.4 is 10.5 Å². The lowest BCUT2D eigenvalue weighted by Crippen LogP contribution is -2.36. The van der Waals surface area contributed by atoms with Crippen LogP contribution in [0.15, 0.2) is 77.7 Å². The second-order valence-electron chi connectivity index (χ2n) is 5.87. The van der Waals surface area contributed by atoms with E-state index in [9.17, 15) is 14.0 Å². The van der Waals surface area contributed by atoms with Crippen LogP contribution in [0.25, 0.3) is 0 Å². The summed E-state index contributed by atoms with van der Waals surface area (Å²) >= 11 is 0. The Morgan fingerprint density at radius 1 is 1.04 bits per heavy atom. The van der Waals surface area contributed by atoms with Crippen molar-refractivity contribution in [3.8, 4) is 0 Å². The molecule has 3 rings (SSSR count). The summed E-state index contributed by atoms with van der Waals surface area (Å²) < 4.78 is 14.8. The van der Waals surface area contributed by atoms with Crippen LogP contribution in [0, 0.1) is 5.82 Å². The summed E-state index contributed by atoms with van der Waals surface area (Å²) in [5, 5.41) is 0. The van der Waals surface area contributed by atoms with Gasteiger partial charge in [0.1, 0.15) is 11.4 Å². The van der Waals surface area contributed by atoms with E-state index >= 15 is 0 Å². The number of hydrogen-bond acceptors (Lipinski definition) is 2. The predicted molar refractivity (Wildman–Crippen MR) is 100.0 cm³/mol. The number of aromatic nitrogens is 1. The van der Waals surface area contributed by atoms with Gasteiger partial charge < -0.3 is 9.47 Å². The highest BCUT2D eigenvalue weighted by Gasteiger charge is 2.19. The minimum absolute atomic E-state index is 0.0922. The fourth-order valence-corrected chi connectivity index (χ4v) is 2.85. The largest absolute Gasteiger partial charge is 0.310 e. The van der Waals surface area contributed by atoms with Crippen molar-refractivity contribution in [2.75, 3.05) is 11.4 Å². The molecule has 0 aliphatic rings. The first kappa shape index (κ1) is 17.6. The summed E-state index contributed by atoms with van der Waals surface area (Å²) in [7, 11) is 0. The molecular formula is C21H19FN2O2. The normalized spacial score (nSPS) is 10.5. The van der Waals surface area contributed by atoms with E-state index in [1.807, 2.05) is 37.3 Å². The highest BCUT2D eigenvalue weighted by atomic mass is 19.1. The molecule has 1 aromatic heterocycles. The van der Waals surface area contributed by atoms with E-state index in [0.29, 0.717) is 12.1 Å². The molecule has 0 radical (unpaired) electrons. The van der Waals surface area contributed by atoms with Gasteiger partial charge >= 0.3 is 0 Å². The minimum atomic E-state index is -0.392. The predicted octanol–water partition coefficient (Wildman–Crippen LogP) is 3.70. The zero-order valence-electron chi connectivity index (χ0n) is 14.4. The van der Waals surface area contributed by atoms with Crippen LogP contribution in [0.1, 0.15) is 22.8 Å². The molecule has 0 spiro atoms. The Balaban J connectivity index is 1.93. The summed E-state index contributed by atoms with van der Waals surface area (Å²) in [5.41, 5.74) is 1.10. The van der Waals surface area contributed by atoms with Crippen LogP contribution in [-0.2, 0) is 6.54 Å².